The highest BCUT2D eigenvalue weighted by Gasteiger charge is 2.04. The molecule has 1 aromatic carbocycles. The van der Waals surface area contributed by atoms with Crippen LogP contribution < -0.4 is 10.1 Å². The number of carbonyl (C=O) groups is 1. The van der Waals surface area contributed by atoms with Crippen molar-refractivity contribution in [1.29, 1.82) is 0 Å². The van der Waals surface area contributed by atoms with Crippen LogP contribution in [0, 0.1) is 13.8 Å². The summed E-state index contributed by atoms with van der Waals surface area (Å²) in [6.45, 7) is 5.45. The molecule has 1 aromatic heterocycles. The van der Waals surface area contributed by atoms with Crippen LogP contribution in [0.15, 0.2) is 34.8 Å². The Morgan fingerprint density at radius 3 is 2.68 bits per heavy atom. The summed E-state index contributed by atoms with van der Waals surface area (Å²) in [6, 6.07) is 9.44. The summed E-state index contributed by atoms with van der Waals surface area (Å²) in [7, 11) is 0. The average molecular weight is 366 g/mol. The zero-order valence-electron chi connectivity index (χ0n) is 12.8. The lowest BCUT2D eigenvalue weighted by Gasteiger charge is -2.08. The molecule has 0 spiro atoms. The molecule has 0 fully saturated rings. The predicted molar refractivity (Wildman–Crippen MR) is 89.0 cm³/mol. The number of rotatable bonds is 7. The van der Waals surface area contributed by atoms with Crippen molar-refractivity contribution in [3.05, 3.63) is 46.2 Å². The second-order valence-electron chi connectivity index (χ2n) is 5.10. The highest BCUT2D eigenvalue weighted by Crippen LogP contribution is 2.15. The first-order valence-corrected chi connectivity index (χ1v) is 8.00. The zero-order valence-corrected chi connectivity index (χ0v) is 14.4. The van der Waals surface area contributed by atoms with Crippen LogP contribution >= 0.6 is 15.9 Å². The predicted octanol–water partition coefficient (Wildman–Crippen LogP) is 2.85. The van der Waals surface area contributed by atoms with Gasteiger partial charge in [0.1, 0.15) is 5.75 Å². The Kier molecular flexibility index (Phi) is 6.00. The summed E-state index contributed by atoms with van der Waals surface area (Å²) in [5, 5.41) is 7.23. The van der Waals surface area contributed by atoms with Crippen molar-refractivity contribution in [2.75, 3.05) is 13.2 Å². The number of benzene rings is 1. The van der Waals surface area contributed by atoms with Crippen LogP contribution in [-0.4, -0.2) is 28.8 Å². The van der Waals surface area contributed by atoms with Gasteiger partial charge in [0.25, 0.3) is 5.91 Å². The van der Waals surface area contributed by atoms with E-state index >= 15 is 0 Å². The molecule has 5 nitrogen and oxygen atoms in total. The summed E-state index contributed by atoms with van der Waals surface area (Å²) < 4.78 is 8.35. The summed E-state index contributed by atoms with van der Waals surface area (Å²) in [5.74, 6) is 0.567. The fourth-order valence-corrected chi connectivity index (χ4v) is 2.35. The van der Waals surface area contributed by atoms with Gasteiger partial charge in [-0.25, -0.2) is 0 Å². The Bertz CT molecular complexity index is 623. The number of hydrogen-bond acceptors (Lipinski definition) is 3. The minimum atomic E-state index is -0.115. The third-order valence-electron chi connectivity index (χ3n) is 3.16. The molecule has 118 valence electrons. The van der Waals surface area contributed by atoms with Gasteiger partial charge in [0.05, 0.1) is 5.69 Å². The molecule has 0 bridgehead atoms. The Labute approximate surface area is 138 Å². The van der Waals surface area contributed by atoms with Gasteiger partial charge in [-0.15, -0.1) is 0 Å². The molecule has 0 aliphatic rings. The molecular formula is C16H20BrN3O2. The van der Waals surface area contributed by atoms with E-state index in [0.29, 0.717) is 12.3 Å². The van der Waals surface area contributed by atoms with Gasteiger partial charge in [-0.3, -0.25) is 9.48 Å². The monoisotopic (exact) mass is 365 g/mol. The molecule has 2 aromatic rings. The lowest BCUT2D eigenvalue weighted by Crippen LogP contribution is -2.30. The maximum absolute atomic E-state index is 11.7. The molecule has 0 atom stereocenters. The first-order chi connectivity index (χ1) is 10.5. The number of hydrogen-bond donors (Lipinski definition) is 1. The molecule has 6 heteroatoms. The molecule has 0 saturated heterocycles. The van der Waals surface area contributed by atoms with Crippen molar-refractivity contribution in [2.24, 2.45) is 0 Å². The fourth-order valence-electron chi connectivity index (χ4n) is 2.09. The van der Waals surface area contributed by atoms with E-state index in [0.717, 1.165) is 28.8 Å². The largest absolute Gasteiger partial charge is 0.484 e. The third kappa shape index (κ3) is 5.18. The lowest BCUT2D eigenvalue weighted by atomic mass is 10.3. The standard InChI is InChI=1S/C16H20BrN3O2/c1-12-10-13(2)20(19-12)9-3-8-18-16(21)11-22-15-6-4-14(17)5-7-15/h4-7,10H,3,8-9,11H2,1-2H3,(H,18,21). The van der Waals surface area contributed by atoms with E-state index in [4.69, 9.17) is 4.74 Å². The van der Waals surface area contributed by atoms with Gasteiger partial charge >= 0.3 is 0 Å². The van der Waals surface area contributed by atoms with Crippen molar-refractivity contribution in [1.82, 2.24) is 15.1 Å². The molecule has 2 rings (SSSR count). The molecule has 1 amide bonds. The molecule has 1 heterocycles. The molecule has 1 N–H and O–H groups in total. The quantitative estimate of drug-likeness (QED) is 0.767. The van der Waals surface area contributed by atoms with Gasteiger partial charge in [0, 0.05) is 23.3 Å². The van der Waals surface area contributed by atoms with Crippen molar-refractivity contribution >= 4 is 21.8 Å². The number of halogens is 1. The normalized spacial score (nSPS) is 10.5. The molecule has 0 saturated carbocycles. The van der Waals surface area contributed by atoms with Gasteiger partial charge in [-0.2, -0.15) is 5.10 Å². The van der Waals surface area contributed by atoms with Crippen LogP contribution in [0.25, 0.3) is 0 Å². The van der Waals surface area contributed by atoms with Gasteiger partial charge in [0.2, 0.25) is 0 Å². The number of carbonyl (C=O) groups excluding carboxylic acids is 1. The third-order valence-corrected chi connectivity index (χ3v) is 3.68. The average Bonchev–Trinajstić information content (AvgIpc) is 2.81. The van der Waals surface area contributed by atoms with Crippen LogP contribution in [0.2, 0.25) is 0 Å². The second-order valence-corrected chi connectivity index (χ2v) is 6.01. The van der Waals surface area contributed by atoms with Gasteiger partial charge < -0.3 is 10.1 Å². The molecule has 0 aliphatic carbocycles. The molecule has 0 aliphatic heterocycles. The molecule has 0 radical (unpaired) electrons. The number of nitrogens with zero attached hydrogens (tertiary/aromatic N) is 2. The Morgan fingerprint density at radius 1 is 1.32 bits per heavy atom. The minimum absolute atomic E-state index is 0.0293. The van der Waals surface area contributed by atoms with Gasteiger partial charge in [0.15, 0.2) is 6.61 Å². The smallest absolute Gasteiger partial charge is 0.257 e. The SMILES string of the molecule is Cc1cc(C)n(CCCNC(=O)COc2ccc(Br)cc2)n1. The highest BCUT2D eigenvalue weighted by molar-refractivity contribution is 9.10. The minimum Gasteiger partial charge on any atom is -0.484 e. The van der Waals surface area contributed by atoms with Crippen molar-refractivity contribution in [3.63, 3.8) is 0 Å². The first-order valence-electron chi connectivity index (χ1n) is 7.21. The Balaban J connectivity index is 1.63. The Morgan fingerprint density at radius 2 is 2.05 bits per heavy atom. The molecular weight excluding hydrogens is 346 g/mol. The van der Waals surface area contributed by atoms with E-state index in [2.05, 4.69) is 26.3 Å². The zero-order chi connectivity index (χ0) is 15.9. The highest BCUT2D eigenvalue weighted by atomic mass is 79.9. The van der Waals surface area contributed by atoms with Crippen LogP contribution in [0.4, 0.5) is 0 Å². The van der Waals surface area contributed by atoms with Crippen molar-refractivity contribution < 1.29 is 9.53 Å². The van der Waals surface area contributed by atoms with E-state index in [9.17, 15) is 4.79 Å². The van der Waals surface area contributed by atoms with Crippen molar-refractivity contribution in [3.8, 4) is 5.75 Å². The summed E-state index contributed by atoms with van der Waals surface area (Å²) in [4.78, 5) is 11.7. The topological polar surface area (TPSA) is 56.2 Å². The van der Waals surface area contributed by atoms with Crippen LogP contribution in [0.1, 0.15) is 17.8 Å². The summed E-state index contributed by atoms with van der Waals surface area (Å²) >= 11 is 3.35. The van der Waals surface area contributed by atoms with Crippen LogP contribution in [0.5, 0.6) is 5.75 Å². The van der Waals surface area contributed by atoms with E-state index in [1.807, 2.05) is 48.9 Å². The van der Waals surface area contributed by atoms with Crippen LogP contribution in [-0.2, 0) is 11.3 Å². The first kappa shape index (κ1) is 16.5. The number of aryl methyl sites for hydroxylation is 3. The van der Waals surface area contributed by atoms with E-state index < -0.39 is 0 Å². The number of ether oxygens (including phenoxy) is 1. The second kappa shape index (κ2) is 7.98. The van der Waals surface area contributed by atoms with E-state index in [-0.39, 0.29) is 12.5 Å². The number of aromatic nitrogens is 2. The Hall–Kier alpha value is -1.82. The molecule has 0 unspecified atom stereocenters. The fraction of sp³-hybridized carbons (Fsp3) is 0.375. The van der Waals surface area contributed by atoms with Crippen LogP contribution in [0.3, 0.4) is 0 Å². The van der Waals surface area contributed by atoms with E-state index in [1.54, 1.807) is 0 Å². The summed E-state index contributed by atoms with van der Waals surface area (Å²) in [6.07, 6.45) is 0.839. The maximum atomic E-state index is 11.7. The van der Waals surface area contributed by atoms with Crippen molar-refractivity contribution in [2.45, 2.75) is 26.8 Å². The van der Waals surface area contributed by atoms with E-state index in [1.165, 1.54) is 0 Å². The molecule has 22 heavy (non-hydrogen) atoms. The number of nitrogens with one attached hydrogen (secondary N) is 1. The number of amides is 1. The lowest BCUT2D eigenvalue weighted by molar-refractivity contribution is -0.123. The van der Waals surface area contributed by atoms with Gasteiger partial charge in [-0.1, -0.05) is 15.9 Å². The van der Waals surface area contributed by atoms with Gasteiger partial charge in [-0.05, 0) is 50.6 Å². The summed E-state index contributed by atoms with van der Waals surface area (Å²) in [5.41, 5.74) is 2.16. The maximum Gasteiger partial charge on any atom is 0.257 e.